The van der Waals surface area contributed by atoms with Gasteiger partial charge in [0.15, 0.2) is 6.29 Å². The van der Waals surface area contributed by atoms with Gasteiger partial charge in [-0.15, -0.1) is 0 Å². The first-order valence-corrected chi connectivity index (χ1v) is 17.1. The fraction of sp³-hybridized carbons (Fsp3) is 0.667. The first-order chi connectivity index (χ1) is 22.0. The molecule has 0 N–H and O–H groups in total. The van der Waals surface area contributed by atoms with Crippen LogP contribution in [0.4, 0.5) is 5.82 Å². The van der Waals surface area contributed by atoms with E-state index in [0.717, 1.165) is 83.7 Å². The van der Waals surface area contributed by atoms with Crippen molar-refractivity contribution >= 4 is 11.7 Å². The maximum Gasteiger partial charge on any atom is 0.225 e. The highest BCUT2D eigenvalue weighted by molar-refractivity contribution is 5.76. The van der Waals surface area contributed by atoms with Crippen LogP contribution in [0.5, 0.6) is 0 Å². The number of ether oxygens (including phenoxy) is 4. The summed E-state index contributed by atoms with van der Waals surface area (Å²) in [5.41, 5.74) is 2.58. The van der Waals surface area contributed by atoms with E-state index in [0.29, 0.717) is 32.7 Å². The number of nitrogens with zero attached hydrogens (tertiary/aromatic N) is 4. The maximum atomic E-state index is 12.8. The average molecular weight is 627 g/mol. The Bertz CT molecular complexity index is 1080. The molecule has 0 saturated carbocycles. The zero-order valence-electron chi connectivity index (χ0n) is 28.5. The first-order valence-electron chi connectivity index (χ1n) is 17.1. The highest BCUT2D eigenvalue weighted by Crippen LogP contribution is 2.31. The molecule has 2 aliphatic rings. The Morgan fingerprint density at radius 3 is 2.47 bits per heavy atom. The predicted molar refractivity (Wildman–Crippen MR) is 181 cm³/mol. The largest absolute Gasteiger partial charge is 0.381 e. The van der Waals surface area contributed by atoms with Crippen LogP contribution in [0.1, 0.15) is 64.0 Å². The van der Waals surface area contributed by atoms with E-state index in [1.165, 1.54) is 11.1 Å². The number of aromatic nitrogens is 1. The Balaban J connectivity index is 0.00000271. The molecule has 1 aromatic heterocycles. The van der Waals surface area contributed by atoms with Crippen LogP contribution >= 0.6 is 0 Å². The Morgan fingerprint density at radius 2 is 1.78 bits per heavy atom. The number of carbonyl (C=O) groups excluding carboxylic acids is 1. The summed E-state index contributed by atoms with van der Waals surface area (Å²) in [6.07, 6.45) is 7.82. The van der Waals surface area contributed by atoms with E-state index in [9.17, 15) is 4.79 Å². The third-order valence-corrected chi connectivity index (χ3v) is 8.72. The normalized spacial score (nSPS) is 16.4. The lowest BCUT2D eigenvalue weighted by Gasteiger charge is -2.47. The van der Waals surface area contributed by atoms with Crippen LogP contribution in [0, 0.1) is 0 Å². The molecule has 4 rings (SSSR count). The minimum absolute atomic E-state index is 0.0547. The molecule has 1 amide bonds. The lowest BCUT2D eigenvalue weighted by molar-refractivity contribution is -0.146. The minimum Gasteiger partial charge on any atom is -0.381 e. The highest BCUT2D eigenvalue weighted by Gasteiger charge is 2.40. The molecule has 1 aromatic carbocycles. The molecule has 0 atom stereocenters. The lowest BCUT2D eigenvalue weighted by Crippen LogP contribution is -2.57. The Morgan fingerprint density at radius 1 is 1.02 bits per heavy atom. The lowest BCUT2D eigenvalue weighted by atomic mass is 9.89. The van der Waals surface area contributed by atoms with Crippen molar-refractivity contribution in [2.45, 2.75) is 77.6 Å². The van der Waals surface area contributed by atoms with Crippen LogP contribution < -0.4 is 4.90 Å². The molecule has 0 bridgehead atoms. The van der Waals surface area contributed by atoms with E-state index in [-0.39, 0.29) is 11.5 Å². The number of piperidine rings is 1. The van der Waals surface area contributed by atoms with E-state index >= 15 is 0 Å². The number of hydrogen-bond acceptors (Lipinski definition) is 8. The number of pyridine rings is 1. The summed E-state index contributed by atoms with van der Waals surface area (Å²) in [7, 11) is 3.20. The summed E-state index contributed by atoms with van der Waals surface area (Å²) in [5.74, 6) is 1.14. The second-order valence-corrected chi connectivity index (χ2v) is 11.8. The quantitative estimate of drug-likeness (QED) is 0.175. The second-order valence-electron chi connectivity index (χ2n) is 11.8. The van der Waals surface area contributed by atoms with Crippen LogP contribution in [0.25, 0.3) is 0 Å². The summed E-state index contributed by atoms with van der Waals surface area (Å²) in [4.78, 5) is 24.1. The van der Waals surface area contributed by atoms with Crippen LogP contribution in [0.15, 0.2) is 48.7 Å². The van der Waals surface area contributed by atoms with Gasteiger partial charge in [0.25, 0.3) is 0 Å². The Hall–Kier alpha value is -2.56. The molecule has 2 aliphatic heterocycles. The van der Waals surface area contributed by atoms with Crippen LogP contribution in [-0.4, -0.2) is 112 Å². The fourth-order valence-electron chi connectivity index (χ4n) is 6.00. The van der Waals surface area contributed by atoms with Crippen molar-refractivity contribution in [3.8, 4) is 0 Å². The number of benzene rings is 1. The van der Waals surface area contributed by atoms with Gasteiger partial charge in [-0.2, -0.15) is 0 Å². The molecule has 0 aliphatic carbocycles. The topological polar surface area (TPSA) is 76.6 Å². The number of amides is 1. The number of carbonyl (C=O) groups is 1. The maximum absolute atomic E-state index is 12.8. The van der Waals surface area contributed by atoms with Gasteiger partial charge in [0.1, 0.15) is 5.82 Å². The zero-order valence-corrected chi connectivity index (χ0v) is 28.5. The van der Waals surface area contributed by atoms with E-state index in [4.69, 9.17) is 18.9 Å². The summed E-state index contributed by atoms with van der Waals surface area (Å²) in [5, 5.41) is 0. The monoisotopic (exact) mass is 626 g/mol. The molecule has 2 fully saturated rings. The number of hydrogen-bond donors (Lipinski definition) is 0. The van der Waals surface area contributed by atoms with Crippen LogP contribution in [0.3, 0.4) is 0 Å². The van der Waals surface area contributed by atoms with Gasteiger partial charge in [0, 0.05) is 59.7 Å². The second kappa shape index (κ2) is 20.5. The van der Waals surface area contributed by atoms with Crippen LogP contribution in [0.2, 0.25) is 0 Å². The number of unbranched alkanes of at least 4 members (excludes halogenated alkanes) is 1. The number of rotatable bonds is 17. The van der Waals surface area contributed by atoms with Gasteiger partial charge in [-0.05, 0) is 55.4 Å². The third-order valence-electron chi connectivity index (χ3n) is 8.72. The van der Waals surface area contributed by atoms with Gasteiger partial charge in [-0.25, -0.2) is 4.98 Å². The molecule has 0 unspecified atom stereocenters. The minimum atomic E-state index is -0.407. The van der Waals surface area contributed by atoms with Crippen molar-refractivity contribution in [2.75, 3.05) is 84.8 Å². The van der Waals surface area contributed by atoms with Crippen molar-refractivity contribution in [3.05, 3.63) is 59.8 Å². The van der Waals surface area contributed by atoms with E-state index < -0.39 is 6.29 Å². The summed E-state index contributed by atoms with van der Waals surface area (Å²) < 4.78 is 22.8. The van der Waals surface area contributed by atoms with Gasteiger partial charge in [0.2, 0.25) is 5.91 Å². The summed E-state index contributed by atoms with van der Waals surface area (Å²) in [6, 6.07) is 15.0. The first kappa shape index (κ1) is 36.9. The van der Waals surface area contributed by atoms with Crippen molar-refractivity contribution in [1.29, 1.82) is 0 Å². The highest BCUT2D eigenvalue weighted by atomic mass is 16.7. The van der Waals surface area contributed by atoms with Crippen molar-refractivity contribution in [2.24, 2.45) is 0 Å². The third kappa shape index (κ3) is 12.3. The van der Waals surface area contributed by atoms with E-state index in [1.54, 1.807) is 14.2 Å². The summed E-state index contributed by atoms with van der Waals surface area (Å²) >= 11 is 0. The molecule has 1 spiro atoms. The molecule has 0 radical (unpaired) electrons. The van der Waals surface area contributed by atoms with Crippen LogP contribution in [-0.2, 0) is 36.6 Å². The number of likely N-dealkylation sites (tertiary alicyclic amines) is 1. The molecular formula is C36H58N4O5. The van der Waals surface area contributed by atoms with Gasteiger partial charge in [-0.3, -0.25) is 4.79 Å². The Labute approximate surface area is 272 Å². The molecule has 2 aromatic rings. The molecule has 45 heavy (non-hydrogen) atoms. The molecule has 9 heteroatoms. The van der Waals surface area contributed by atoms with Crippen molar-refractivity contribution in [1.82, 2.24) is 14.8 Å². The van der Waals surface area contributed by atoms with E-state index in [2.05, 4.69) is 58.1 Å². The smallest absolute Gasteiger partial charge is 0.225 e. The fourth-order valence-corrected chi connectivity index (χ4v) is 6.00. The summed E-state index contributed by atoms with van der Waals surface area (Å²) in [6.45, 7) is 14.1. The number of morpholine rings is 1. The Kier molecular flexibility index (Phi) is 16.8. The predicted octanol–water partition coefficient (Wildman–Crippen LogP) is 5.22. The van der Waals surface area contributed by atoms with E-state index in [1.807, 2.05) is 31.0 Å². The molecule has 9 nitrogen and oxygen atoms in total. The standard InChI is InChI=1S/C34H52N4O5.C2H6/c1-4-5-18-37(27-33(40-2)41-3)32(39)14-24-42-23-13-30-10-8-9-29(26-30)12-19-36-20-15-34(16-21-36)28-38(22-25-43-34)31-11-6-7-17-35-31;1-2/h6-11,17,26,33H,4-5,12-16,18-25,27-28H2,1-3H3;1-2H3. The van der Waals surface area contributed by atoms with Gasteiger partial charge in [0.05, 0.1) is 38.4 Å². The van der Waals surface area contributed by atoms with Gasteiger partial charge < -0.3 is 33.6 Å². The zero-order chi connectivity index (χ0) is 32.3. The SMILES string of the molecule is CC.CCCCN(CC(OC)OC)C(=O)CCOCCc1cccc(CCN2CCC3(CC2)CN(c2ccccn2)CCO3)c1. The average Bonchev–Trinajstić information content (AvgIpc) is 3.09. The van der Waals surface area contributed by atoms with Crippen molar-refractivity contribution < 1.29 is 23.7 Å². The molecule has 3 heterocycles. The molecule has 2 saturated heterocycles. The van der Waals surface area contributed by atoms with Gasteiger partial charge in [-0.1, -0.05) is 57.5 Å². The number of methoxy groups -OCH3 is 2. The molecule has 252 valence electrons. The number of anilines is 1. The van der Waals surface area contributed by atoms with Gasteiger partial charge >= 0.3 is 0 Å². The van der Waals surface area contributed by atoms with Crippen molar-refractivity contribution in [3.63, 3.8) is 0 Å². The molecular weight excluding hydrogens is 568 g/mol.